The molecule has 1 rings (SSSR count). The van der Waals surface area contributed by atoms with E-state index in [-0.39, 0.29) is 6.54 Å². The first-order valence-electron chi connectivity index (χ1n) is 5.27. The van der Waals surface area contributed by atoms with Crippen molar-refractivity contribution in [3.63, 3.8) is 0 Å². The predicted molar refractivity (Wildman–Crippen MR) is 65.8 cm³/mol. The molecule has 18 heavy (non-hydrogen) atoms. The number of hydrogen-bond donors (Lipinski definition) is 2. The van der Waals surface area contributed by atoms with Crippen molar-refractivity contribution in [1.82, 2.24) is 13.9 Å². The van der Waals surface area contributed by atoms with Crippen LogP contribution in [-0.4, -0.2) is 30.6 Å². The highest BCUT2D eigenvalue weighted by molar-refractivity contribution is 7.89. The Morgan fingerprint density at radius 1 is 1.33 bits per heavy atom. The third-order valence-corrected chi connectivity index (χ3v) is 3.82. The molecule has 0 bridgehead atoms. The highest BCUT2D eigenvalue weighted by Gasteiger charge is 2.20. The minimum atomic E-state index is -3.92. The lowest BCUT2D eigenvalue weighted by molar-refractivity contribution is 0.569. The monoisotopic (exact) mass is 276 g/mol. The number of nitrogens with one attached hydrogen (secondary N) is 1. The fourth-order valence-electron chi connectivity index (χ4n) is 1.35. The van der Waals surface area contributed by atoms with E-state index in [4.69, 9.17) is 5.73 Å². The highest BCUT2D eigenvalue weighted by Crippen LogP contribution is 1.99. The lowest BCUT2D eigenvalue weighted by Gasteiger charge is -2.08. The molecule has 0 aliphatic carbocycles. The van der Waals surface area contributed by atoms with Gasteiger partial charge in [-0.05, 0) is 13.0 Å². The van der Waals surface area contributed by atoms with Gasteiger partial charge in [0.05, 0.1) is 0 Å². The zero-order valence-corrected chi connectivity index (χ0v) is 11.0. The van der Waals surface area contributed by atoms with Gasteiger partial charge >= 0.3 is 5.69 Å². The molecule has 1 aromatic rings. The van der Waals surface area contributed by atoms with Gasteiger partial charge in [0.2, 0.25) is 10.0 Å². The van der Waals surface area contributed by atoms with E-state index < -0.39 is 26.2 Å². The van der Waals surface area contributed by atoms with Crippen LogP contribution in [0.3, 0.4) is 0 Å². The molecule has 0 saturated heterocycles. The molecular weight excluding hydrogens is 260 g/mol. The van der Waals surface area contributed by atoms with Crippen LogP contribution in [-0.2, 0) is 24.1 Å². The van der Waals surface area contributed by atoms with Gasteiger partial charge in [0.25, 0.3) is 5.56 Å². The maximum Gasteiger partial charge on any atom is 0.330 e. The zero-order chi connectivity index (χ0) is 13.9. The van der Waals surface area contributed by atoms with Gasteiger partial charge in [0, 0.05) is 26.8 Å². The van der Waals surface area contributed by atoms with E-state index in [0.717, 1.165) is 15.3 Å². The van der Waals surface area contributed by atoms with E-state index in [1.54, 1.807) is 0 Å². The van der Waals surface area contributed by atoms with E-state index in [1.807, 2.05) is 0 Å². The van der Waals surface area contributed by atoms with Crippen LogP contribution < -0.4 is 21.7 Å². The maximum atomic E-state index is 11.9. The van der Waals surface area contributed by atoms with Crippen molar-refractivity contribution in [2.45, 2.75) is 11.3 Å². The molecule has 0 saturated carbocycles. The van der Waals surface area contributed by atoms with E-state index in [0.29, 0.717) is 13.0 Å². The van der Waals surface area contributed by atoms with Crippen molar-refractivity contribution in [3.05, 3.63) is 27.0 Å². The Bertz CT molecular complexity index is 644. The number of sulfonamides is 1. The van der Waals surface area contributed by atoms with Crippen LogP contribution in [0.5, 0.6) is 0 Å². The number of aromatic nitrogens is 2. The van der Waals surface area contributed by atoms with Gasteiger partial charge in [-0.15, -0.1) is 0 Å². The number of rotatable bonds is 5. The van der Waals surface area contributed by atoms with Gasteiger partial charge in [-0.25, -0.2) is 17.9 Å². The highest BCUT2D eigenvalue weighted by atomic mass is 32.2. The Kier molecular flexibility index (Phi) is 4.43. The number of nitrogens with two attached hydrogens (primary N) is 1. The molecule has 0 unspecified atom stereocenters. The predicted octanol–water partition coefficient (Wildman–Crippen LogP) is -2.29. The first kappa shape index (κ1) is 14.6. The molecule has 0 aliphatic rings. The molecule has 0 radical (unpaired) electrons. The Morgan fingerprint density at radius 3 is 2.50 bits per heavy atom. The Balaban J connectivity index is 3.26. The second-order valence-corrected chi connectivity index (χ2v) is 5.53. The first-order chi connectivity index (χ1) is 8.31. The largest absolute Gasteiger partial charge is 0.330 e. The fraction of sp³-hybridized carbons (Fsp3) is 0.556. The van der Waals surface area contributed by atoms with Crippen LogP contribution in [0.15, 0.2) is 20.7 Å². The summed E-state index contributed by atoms with van der Waals surface area (Å²) in [6.45, 7) is 0.485. The van der Waals surface area contributed by atoms with Gasteiger partial charge < -0.3 is 10.3 Å². The van der Waals surface area contributed by atoms with Crippen LogP contribution in [0.2, 0.25) is 0 Å². The van der Waals surface area contributed by atoms with Gasteiger partial charge in [-0.2, -0.15) is 0 Å². The molecule has 0 atom stereocenters. The summed E-state index contributed by atoms with van der Waals surface area (Å²) in [5, 5.41) is 0. The Hall–Kier alpha value is -1.45. The summed E-state index contributed by atoms with van der Waals surface area (Å²) < 4.78 is 27.8. The molecular formula is C9H16N4O4S. The summed E-state index contributed by atoms with van der Waals surface area (Å²) in [6, 6.07) is 0. The molecule has 0 amide bonds. The van der Waals surface area contributed by atoms with Crippen molar-refractivity contribution < 1.29 is 8.42 Å². The second-order valence-electron chi connectivity index (χ2n) is 3.79. The van der Waals surface area contributed by atoms with E-state index in [2.05, 4.69) is 4.72 Å². The number of nitrogens with zero attached hydrogens (tertiary/aromatic N) is 2. The molecule has 0 spiro atoms. The van der Waals surface area contributed by atoms with Crippen molar-refractivity contribution in [1.29, 1.82) is 0 Å². The second kappa shape index (κ2) is 5.46. The van der Waals surface area contributed by atoms with E-state index in [9.17, 15) is 18.0 Å². The zero-order valence-electron chi connectivity index (χ0n) is 10.2. The van der Waals surface area contributed by atoms with Crippen LogP contribution in [0.4, 0.5) is 0 Å². The van der Waals surface area contributed by atoms with Crippen molar-refractivity contribution in [3.8, 4) is 0 Å². The SMILES string of the molecule is Cn1cc(S(=O)(=O)NCCCN)c(=O)n(C)c1=O. The Labute approximate surface area is 104 Å². The lowest BCUT2D eigenvalue weighted by Crippen LogP contribution is -2.41. The van der Waals surface area contributed by atoms with Crippen LogP contribution in [0.1, 0.15) is 6.42 Å². The standard InChI is InChI=1S/C9H16N4O4S/c1-12-6-7(8(14)13(2)9(12)15)18(16,17)11-5-3-4-10/h6,11H,3-5,10H2,1-2H3. The van der Waals surface area contributed by atoms with Crippen LogP contribution in [0, 0.1) is 0 Å². The van der Waals surface area contributed by atoms with Gasteiger partial charge in [-0.1, -0.05) is 0 Å². The smallest absolute Gasteiger partial charge is 0.330 e. The lowest BCUT2D eigenvalue weighted by atomic mass is 10.4. The summed E-state index contributed by atoms with van der Waals surface area (Å²) in [5.74, 6) is 0. The summed E-state index contributed by atoms with van der Waals surface area (Å²) in [4.78, 5) is 22.7. The van der Waals surface area contributed by atoms with Gasteiger partial charge in [0.1, 0.15) is 0 Å². The van der Waals surface area contributed by atoms with E-state index >= 15 is 0 Å². The molecule has 0 aromatic carbocycles. The van der Waals surface area contributed by atoms with E-state index in [1.165, 1.54) is 14.1 Å². The molecule has 3 N–H and O–H groups in total. The van der Waals surface area contributed by atoms with Crippen LogP contribution in [0.25, 0.3) is 0 Å². The average molecular weight is 276 g/mol. The molecule has 1 heterocycles. The van der Waals surface area contributed by atoms with Crippen LogP contribution >= 0.6 is 0 Å². The topological polar surface area (TPSA) is 116 Å². The van der Waals surface area contributed by atoms with Gasteiger partial charge in [0.15, 0.2) is 4.90 Å². The quantitative estimate of drug-likeness (QED) is 0.587. The van der Waals surface area contributed by atoms with Crippen molar-refractivity contribution in [2.24, 2.45) is 19.8 Å². The summed E-state index contributed by atoms with van der Waals surface area (Å²) in [5.41, 5.74) is 3.82. The molecule has 1 aromatic heterocycles. The third-order valence-electron chi connectivity index (χ3n) is 2.38. The normalized spacial score (nSPS) is 11.7. The number of aryl methyl sites for hydroxylation is 1. The number of hydrogen-bond acceptors (Lipinski definition) is 5. The molecule has 8 nitrogen and oxygen atoms in total. The molecule has 0 fully saturated rings. The molecule has 0 aliphatic heterocycles. The molecule has 9 heteroatoms. The first-order valence-corrected chi connectivity index (χ1v) is 6.76. The minimum absolute atomic E-state index is 0.144. The third kappa shape index (κ3) is 2.86. The van der Waals surface area contributed by atoms with Gasteiger partial charge in [-0.3, -0.25) is 9.36 Å². The summed E-state index contributed by atoms with van der Waals surface area (Å²) in [6.07, 6.45) is 1.47. The average Bonchev–Trinajstić information content (AvgIpc) is 2.31. The fourth-order valence-corrected chi connectivity index (χ4v) is 2.58. The molecule has 102 valence electrons. The van der Waals surface area contributed by atoms with Crippen molar-refractivity contribution >= 4 is 10.0 Å². The van der Waals surface area contributed by atoms with Crippen molar-refractivity contribution in [2.75, 3.05) is 13.1 Å². The Morgan fingerprint density at radius 2 is 1.94 bits per heavy atom. The minimum Gasteiger partial charge on any atom is -0.330 e. The summed E-state index contributed by atoms with van der Waals surface area (Å²) >= 11 is 0. The summed E-state index contributed by atoms with van der Waals surface area (Å²) in [7, 11) is -1.32. The maximum absolute atomic E-state index is 11.9.